The van der Waals surface area contributed by atoms with Crippen LogP contribution in [0.25, 0.3) is 5.65 Å². The molecule has 1 N–H and O–H groups in total. The lowest BCUT2D eigenvalue weighted by Crippen LogP contribution is -2.22. The Hall–Kier alpha value is -2.60. The smallest absolute Gasteiger partial charge is 0.375 e. The molecule has 1 aliphatic heterocycles. The fourth-order valence-electron chi connectivity index (χ4n) is 3.41. The molecule has 7 heteroatoms. The summed E-state index contributed by atoms with van der Waals surface area (Å²) in [4.78, 5) is 17.5. The molecule has 3 aromatic rings. The Kier molecular flexibility index (Phi) is 3.84. The van der Waals surface area contributed by atoms with E-state index in [9.17, 15) is 4.79 Å². The Bertz CT molecular complexity index is 969. The molecule has 0 radical (unpaired) electrons. The summed E-state index contributed by atoms with van der Waals surface area (Å²) in [6.45, 7) is 3.68. The van der Waals surface area contributed by atoms with Gasteiger partial charge in [0.1, 0.15) is 5.82 Å². The highest BCUT2D eigenvalue weighted by Gasteiger charge is 2.26. The van der Waals surface area contributed by atoms with E-state index >= 15 is 0 Å². The highest BCUT2D eigenvalue weighted by atomic mass is 35.5. The minimum atomic E-state index is -1.12. The van der Waals surface area contributed by atoms with Crippen LogP contribution in [0, 0.1) is 6.92 Å². The van der Waals surface area contributed by atoms with Crippen molar-refractivity contribution in [2.75, 3.05) is 18.0 Å². The Balaban J connectivity index is 1.69. The largest absolute Gasteiger partial charge is 0.475 e. The molecule has 0 amide bonds. The summed E-state index contributed by atoms with van der Waals surface area (Å²) in [5, 5.41) is 14.1. The van der Waals surface area contributed by atoms with Crippen molar-refractivity contribution in [1.82, 2.24) is 14.6 Å². The van der Waals surface area contributed by atoms with Gasteiger partial charge in [0.25, 0.3) is 5.82 Å². The van der Waals surface area contributed by atoms with Gasteiger partial charge in [-0.1, -0.05) is 23.7 Å². The zero-order valence-electron chi connectivity index (χ0n) is 13.7. The summed E-state index contributed by atoms with van der Waals surface area (Å²) in [5.74, 6) is -0.0424. The van der Waals surface area contributed by atoms with Crippen LogP contribution in [0.5, 0.6) is 0 Å². The van der Waals surface area contributed by atoms with Crippen molar-refractivity contribution in [3.8, 4) is 0 Å². The second-order valence-corrected chi connectivity index (χ2v) is 6.82. The van der Waals surface area contributed by atoms with E-state index in [1.165, 1.54) is 5.56 Å². The molecule has 2 aromatic heterocycles. The third-order valence-corrected chi connectivity index (χ3v) is 4.82. The molecule has 0 spiro atoms. The Labute approximate surface area is 149 Å². The van der Waals surface area contributed by atoms with Gasteiger partial charge in [0.15, 0.2) is 5.65 Å². The second kappa shape index (κ2) is 6.04. The first kappa shape index (κ1) is 15.9. The maximum Gasteiger partial charge on any atom is 0.375 e. The summed E-state index contributed by atoms with van der Waals surface area (Å²) >= 11 is 6.12. The van der Waals surface area contributed by atoms with E-state index in [4.69, 9.17) is 16.7 Å². The highest BCUT2D eigenvalue weighted by molar-refractivity contribution is 6.30. The second-order valence-electron chi connectivity index (χ2n) is 6.39. The Morgan fingerprint density at radius 3 is 2.92 bits per heavy atom. The van der Waals surface area contributed by atoms with Gasteiger partial charge in [-0.05, 0) is 48.7 Å². The van der Waals surface area contributed by atoms with Crippen molar-refractivity contribution in [3.63, 3.8) is 0 Å². The number of carbonyl (C=O) groups is 1. The van der Waals surface area contributed by atoms with E-state index in [0.717, 1.165) is 35.9 Å². The van der Waals surface area contributed by atoms with Crippen LogP contribution in [-0.2, 0) is 0 Å². The number of aromatic carboxylic acids is 1. The minimum Gasteiger partial charge on any atom is -0.475 e. The molecule has 0 aliphatic carbocycles. The number of hydrogen-bond acceptors (Lipinski definition) is 4. The average Bonchev–Trinajstić information content (AvgIpc) is 3.21. The third-order valence-electron chi connectivity index (χ3n) is 4.59. The molecular formula is C18H17ClN4O2. The van der Waals surface area contributed by atoms with Gasteiger partial charge >= 0.3 is 5.97 Å². The topological polar surface area (TPSA) is 70.7 Å². The number of aromatic nitrogens is 3. The fraction of sp³-hybridized carbons (Fsp3) is 0.278. The van der Waals surface area contributed by atoms with Crippen molar-refractivity contribution in [3.05, 3.63) is 58.4 Å². The fourth-order valence-corrected chi connectivity index (χ4v) is 3.61. The predicted molar refractivity (Wildman–Crippen MR) is 95.7 cm³/mol. The zero-order valence-corrected chi connectivity index (χ0v) is 14.4. The van der Waals surface area contributed by atoms with Gasteiger partial charge in [0, 0.05) is 24.0 Å². The number of benzene rings is 1. The number of halogens is 1. The van der Waals surface area contributed by atoms with Gasteiger partial charge in [0.2, 0.25) is 0 Å². The number of rotatable bonds is 3. The van der Waals surface area contributed by atoms with E-state index in [2.05, 4.69) is 21.0 Å². The van der Waals surface area contributed by atoms with Crippen molar-refractivity contribution in [2.45, 2.75) is 19.3 Å². The van der Waals surface area contributed by atoms with Gasteiger partial charge in [-0.3, -0.25) is 0 Å². The van der Waals surface area contributed by atoms with Crippen molar-refractivity contribution in [1.29, 1.82) is 0 Å². The van der Waals surface area contributed by atoms with Gasteiger partial charge < -0.3 is 10.0 Å². The molecule has 0 bridgehead atoms. The highest BCUT2D eigenvalue weighted by Crippen LogP contribution is 2.32. The van der Waals surface area contributed by atoms with Gasteiger partial charge in [-0.15, -0.1) is 5.10 Å². The number of nitrogens with zero attached hydrogens (tertiary/aromatic N) is 4. The molecule has 1 saturated heterocycles. The molecule has 1 aromatic carbocycles. The van der Waals surface area contributed by atoms with Crippen LogP contribution in [0.1, 0.15) is 34.1 Å². The van der Waals surface area contributed by atoms with Gasteiger partial charge in [-0.25, -0.2) is 9.78 Å². The molecular weight excluding hydrogens is 340 g/mol. The zero-order chi connectivity index (χ0) is 17.6. The quantitative estimate of drug-likeness (QED) is 0.779. The van der Waals surface area contributed by atoms with Crippen LogP contribution < -0.4 is 4.90 Å². The third kappa shape index (κ3) is 2.93. The maximum absolute atomic E-state index is 11.2. The predicted octanol–water partition coefficient (Wildman–Crippen LogP) is 3.38. The number of aryl methyl sites for hydroxylation is 1. The van der Waals surface area contributed by atoms with Gasteiger partial charge in [-0.2, -0.15) is 4.52 Å². The van der Waals surface area contributed by atoms with E-state index < -0.39 is 5.97 Å². The first-order valence-electron chi connectivity index (χ1n) is 8.12. The molecule has 25 heavy (non-hydrogen) atoms. The lowest BCUT2D eigenvalue weighted by atomic mass is 9.99. The average molecular weight is 357 g/mol. The molecule has 1 aliphatic rings. The summed E-state index contributed by atoms with van der Waals surface area (Å²) in [7, 11) is 0. The monoisotopic (exact) mass is 356 g/mol. The number of anilines is 1. The summed E-state index contributed by atoms with van der Waals surface area (Å²) in [5.41, 5.74) is 2.81. The van der Waals surface area contributed by atoms with E-state index in [1.807, 2.05) is 37.3 Å². The lowest BCUT2D eigenvalue weighted by molar-refractivity contribution is 0.0684. The van der Waals surface area contributed by atoms with Crippen molar-refractivity contribution in [2.24, 2.45) is 0 Å². The summed E-state index contributed by atoms with van der Waals surface area (Å²) < 4.78 is 1.62. The first-order chi connectivity index (χ1) is 12.0. The molecule has 128 valence electrons. The lowest BCUT2D eigenvalue weighted by Gasteiger charge is -2.20. The van der Waals surface area contributed by atoms with E-state index in [-0.39, 0.29) is 5.82 Å². The molecule has 0 saturated carbocycles. The number of carboxylic acid groups (broad SMARTS) is 1. The Morgan fingerprint density at radius 2 is 2.16 bits per heavy atom. The normalized spacial score (nSPS) is 17.4. The number of pyridine rings is 1. The van der Waals surface area contributed by atoms with Gasteiger partial charge in [0.05, 0.1) is 0 Å². The number of hydrogen-bond donors (Lipinski definition) is 1. The molecule has 0 unspecified atom stereocenters. The van der Waals surface area contributed by atoms with Crippen LogP contribution in [0.15, 0.2) is 36.4 Å². The molecule has 1 fully saturated rings. The van der Waals surface area contributed by atoms with Crippen molar-refractivity contribution < 1.29 is 9.90 Å². The molecule has 3 heterocycles. The molecule has 1 atom stereocenters. The minimum absolute atomic E-state index is 0.183. The van der Waals surface area contributed by atoms with Crippen LogP contribution >= 0.6 is 11.6 Å². The van der Waals surface area contributed by atoms with Crippen LogP contribution in [-0.4, -0.2) is 38.8 Å². The summed E-state index contributed by atoms with van der Waals surface area (Å²) in [6, 6.07) is 11.8. The van der Waals surface area contributed by atoms with Crippen LogP contribution in [0.4, 0.5) is 5.82 Å². The SMILES string of the molecule is Cc1cc(N2CC[C@@H](c3cccc(Cl)c3)C2)n2nc(C(=O)O)nc2c1. The van der Waals surface area contributed by atoms with Crippen LogP contribution in [0.2, 0.25) is 5.02 Å². The molecule has 6 nitrogen and oxygen atoms in total. The first-order valence-corrected chi connectivity index (χ1v) is 8.50. The number of fused-ring (bicyclic) bond motifs is 1. The summed E-state index contributed by atoms with van der Waals surface area (Å²) in [6.07, 6.45) is 1.01. The molecule has 4 rings (SSSR count). The van der Waals surface area contributed by atoms with Crippen LogP contribution in [0.3, 0.4) is 0 Å². The van der Waals surface area contributed by atoms with E-state index in [0.29, 0.717) is 11.6 Å². The number of carboxylic acids is 1. The maximum atomic E-state index is 11.2. The van der Waals surface area contributed by atoms with E-state index in [1.54, 1.807) is 4.52 Å². The Morgan fingerprint density at radius 1 is 1.32 bits per heavy atom. The van der Waals surface area contributed by atoms with Crippen molar-refractivity contribution >= 4 is 29.0 Å². The standard InChI is InChI=1S/C18H17ClN4O2/c1-11-7-15-20-17(18(24)25)21-23(15)16(8-11)22-6-5-13(10-22)12-3-2-4-14(19)9-12/h2-4,7-9,13H,5-6,10H2,1H3,(H,24,25)/t13-/m1/s1.